The Kier molecular flexibility index (Phi) is 4.26. The van der Waals surface area contributed by atoms with Crippen LogP contribution in [-0.2, 0) is 6.61 Å². The van der Waals surface area contributed by atoms with Crippen molar-refractivity contribution in [2.45, 2.75) is 6.61 Å². The zero-order valence-corrected chi connectivity index (χ0v) is 14.3. The first-order valence-corrected chi connectivity index (χ1v) is 8.20. The van der Waals surface area contributed by atoms with Gasteiger partial charge in [0.25, 0.3) is 5.89 Å². The van der Waals surface area contributed by atoms with Gasteiger partial charge in [0.15, 0.2) is 6.61 Å². The molecule has 0 radical (unpaired) electrons. The first kappa shape index (κ1) is 15.9. The SMILES string of the molecule is Clc1ccc(-c2nnc(COc3ccc4ncccc4c3)o2)c(Cl)c1. The molecule has 0 atom stereocenters. The molecule has 124 valence electrons. The third-order valence-corrected chi connectivity index (χ3v) is 4.11. The Bertz CT molecular complexity index is 1050. The van der Waals surface area contributed by atoms with Crippen LogP contribution in [0.1, 0.15) is 5.89 Å². The second-order valence-electron chi connectivity index (χ2n) is 5.27. The monoisotopic (exact) mass is 371 g/mol. The first-order valence-electron chi connectivity index (χ1n) is 7.44. The summed E-state index contributed by atoms with van der Waals surface area (Å²) in [4.78, 5) is 4.27. The fraction of sp³-hybridized carbons (Fsp3) is 0.0556. The maximum Gasteiger partial charge on any atom is 0.254 e. The topological polar surface area (TPSA) is 61.0 Å². The number of halogens is 2. The van der Waals surface area contributed by atoms with Crippen molar-refractivity contribution in [3.8, 4) is 17.2 Å². The summed E-state index contributed by atoms with van der Waals surface area (Å²) in [6, 6.07) is 14.6. The Labute approximate surface area is 153 Å². The van der Waals surface area contributed by atoms with Gasteiger partial charge in [-0.3, -0.25) is 4.98 Å². The van der Waals surface area contributed by atoms with E-state index in [0.29, 0.717) is 33.1 Å². The molecule has 0 aliphatic carbocycles. The number of nitrogens with zero attached hydrogens (tertiary/aromatic N) is 3. The van der Waals surface area contributed by atoms with E-state index in [1.807, 2.05) is 30.3 Å². The summed E-state index contributed by atoms with van der Waals surface area (Å²) in [6.07, 6.45) is 1.75. The summed E-state index contributed by atoms with van der Waals surface area (Å²) in [7, 11) is 0. The lowest BCUT2D eigenvalue weighted by Crippen LogP contribution is -1.95. The highest BCUT2D eigenvalue weighted by Gasteiger charge is 2.13. The standard InChI is InChI=1S/C18H11Cl2N3O2/c19-12-3-5-14(15(20)9-12)18-23-22-17(25-18)10-24-13-4-6-16-11(8-13)2-1-7-21-16/h1-9H,10H2. The predicted molar refractivity (Wildman–Crippen MR) is 95.8 cm³/mol. The zero-order chi connectivity index (χ0) is 17.2. The summed E-state index contributed by atoms with van der Waals surface area (Å²) in [5.74, 6) is 1.38. The van der Waals surface area contributed by atoms with E-state index in [2.05, 4.69) is 15.2 Å². The van der Waals surface area contributed by atoms with Gasteiger partial charge in [0.2, 0.25) is 5.89 Å². The van der Waals surface area contributed by atoms with Gasteiger partial charge in [-0.25, -0.2) is 0 Å². The molecule has 0 fully saturated rings. The van der Waals surface area contributed by atoms with Crippen LogP contribution < -0.4 is 4.74 Å². The molecule has 4 rings (SSSR count). The van der Waals surface area contributed by atoms with Gasteiger partial charge in [-0.2, -0.15) is 0 Å². The van der Waals surface area contributed by atoms with E-state index >= 15 is 0 Å². The van der Waals surface area contributed by atoms with E-state index in [-0.39, 0.29) is 6.61 Å². The summed E-state index contributed by atoms with van der Waals surface area (Å²) in [5, 5.41) is 9.99. The Balaban J connectivity index is 1.50. The highest BCUT2D eigenvalue weighted by atomic mass is 35.5. The summed E-state index contributed by atoms with van der Waals surface area (Å²) in [6.45, 7) is 0.157. The van der Waals surface area contributed by atoms with E-state index in [0.717, 1.165) is 10.9 Å². The number of aromatic nitrogens is 3. The van der Waals surface area contributed by atoms with Crippen molar-refractivity contribution in [2.24, 2.45) is 0 Å². The van der Waals surface area contributed by atoms with Crippen LogP contribution in [0, 0.1) is 0 Å². The second-order valence-corrected chi connectivity index (χ2v) is 6.12. The Morgan fingerprint density at radius 1 is 1.00 bits per heavy atom. The third kappa shape index (κ3) is 3.43. The van der Waals surface area contributed by atoms with Crippen LogP contribution in [0.15, 0.2) is 59.1 Å². The molecule has 0 spiro atoms. The molecular weight excluding hydrogens is 361 g/mol. The number of benzene rings is 2. The van der Waals surface area contributed by atoms with Crippen molar-refractivity contribution in [1.29, 1.82) is 0 Å². The minimum atomic E-state index is 0.157. The molecule has 0 bridgehead atoms. The van der Waals surface area contributed by atoms with Crippen molar-refractivity contribution in [3.05, 3.63) is 70.7 Å². The van der Waals surface area contributed by atoms with Crippen LogP contribution in [0.4, 0.5) is 0 Å². The number of pyridine rings is 1. The van der Waals surface area contributed by atoms with E-state index in [1.54, 1.807) is 24.4 Å². The van der Waals surface area contributed by atoms with Gasteiger partial charge in [0, 0.05) is 16.6 Å². The van der Waals surface area contributed by atoms with Gasteiger partial charge in [-0.15, -0.1) is 10.2 Å². The van der Waals surface area contributed by atoms with Crippen LogP contribution >= 0.6 is 23.2 Å². The molecule has 7 heteroatoms. The molecule has 0 saturated carbocycles. The largest absolute Gasteiger partial charge is 0.484 e. The number of fused-ring (bicyclic) bond motifs is 1. The van der Waals surface area contributed by atoms with Crippen molar-refractivity contribution in [1.82, 2.24) is 15.2 Å². The Hall–Kier alpha value is -2.63. The molecule has 0 amide bonds. The fourth-order valence-electron chi connectivity index (χ4n) is 2.37. The molecule has 0 aliphatic rings. The van der Waals surface area contributed by atoms with Crippen molar-refractivity contribution in [3.63, 3.8) is 0 Å². The van der Waals surface area contributed by atoms with Gasteiger partial charge >= 0.3 is 0 Å². The number of ether oxygens (including phenoxy) is 1. The summed E-state index contributed by atoms with van der Waals surface area (Å²) < 4.78 is 11.3. The van der Waals surface area contributed by atoms with Crippen LogP contribution in [0.3, 0.4) is 0 Å². The second kappa shape index (κ2) is 6.70. The van der Waals surface area contributed by atoms with E-state index in [4.69, 9.17) is 32.4 Å². The highest BCUT2D eigenvalue weighted by molar-refractivity contribution is 6.36. The molecule has 2 heterocycles. The molecule has 0 unspecified atom stereocenters. The summed E-state index contributed by atoms with van der Waals surface area (Å²) in [5.41, 5.74) is 1.54. The zero-order valence-electron chi connectivity index (χ0n) is 12.8. The number of hydrogen-bond acceptors (Lipinski definition) is 5. The van der Waals surface area contributed by atoms with Gasteiger partial charge in [-0.05, 0) is 42.5 Å². The van der Waals surface area contributed by atoms with Crippen LogP contribution in [-0.4, -0.2) is 15.2 Å². The molecule has 5 nitrogen and oxygen atoms in total. The molecule has 0 N–H and O–H groups in total. The fourth-order valence-corrected chi connectivity index (χ4v) is 2.86. The van der Waals surface area contributed by atoms with Gasteiger partial charge < -0.3 is 9.15 Å². The van der Waals surface area contributed by atoms with Gasteiger partial charge in [0.1, 0.15) is 5.75 Å². The molecule has 2 aromatic heterocycles. The number of hydrogen-bond donors (Lipinski definition) is 0. The minimum Gasteiger partial charge on any atom is -0.484 e. The highest BCUT2D eigenvalue weighted by Crippen LogP contribution is 2.29. The third-order valence-electron chi connectivity index (χ3n) is 3.57. The van der Waals surface area contributed by atoms with Crippen LogP contribution in [0.5, 0.6) is 5.75 Å². The quantitative estimate of drug-likeness (QED) is 0.495. The Morgan fingerprint density at radius 2 is 1.92 bits per heavy atom. The van der Waals surface area contributed by atoms with Crippen LogP contribution in [0.2, 0.25) is 10.0 Å². The first-order chi connectivity index (χ1) is 12.2. The van der Waals surface area contributed by atoms with E-state index in [1.165, 1.54) is 0 Å². The molecule has 4 aromatic rings. The number of rotatable bonds is 4. The lowest BCUT2D eigenvalue weighted by molar-refractivity contribution is 0.265. The van der Waals surface area contributed by atoms with Crippen molar-refractivity contribution in [2.75, 3.05) is 0 Å². The molecule has 0 saturated heterocycles. The van der Waals surface area contributed by atoms with E-state index < -0.39 is 0 Å². The lowest BCUT2D eigenvalue weighted by Gasteiger charge is -2.04. The predicted octanol–water partition coefficient (Wildman–Crippen LogP) is 5.17. The van der Waals surface area contributed by atoms with E-state index in [9.17, 15) is 0 Å². The average Bonchev–Trinajstić information content (AvgIpc) is 3.08. The van der Waals surface area contributed by atoms with Crippen molar-refractivity contribution < 1.29 is 9.15 Å². The maximum atomic E-state index is 6.15. The molecule has 25 heavy (non-hydrogen) atoms. The molecular formula is C18H11Cl2N3O2. The van der Waals surface area contributed by atoms with Crippen LogP contribution in [0.25, 0.3) is 22.4 Å². The Morgan fingerprint density at radius 3 is 2.80 bits per heavy atom. The average molecular weight is 372 g/mol. The summed E-state index contributed by atoms with van der Waals surface area (Å²) >= 11 is 12.0. The lowest BCUT2D eigenvalue weighted by atomic mass is 10.2. The smallest absolute Gasteiger partial charge is 0.254 e. The maximum absolute atomic E-state index is 6.15. The normalized spacial score (nSPS) is 11.0. The van der Waals surface area contributed by atoms with Gasteiger partial charge in [0.05, 0.1) is 16.1 Å². The minimum absolute atomic E-state index is 0.157. The van der Waals surface area contributed by atoms with Gasteiger partial charge in [-0.1, -0.05) is 29.3 Å². The molecule has 0 aliphatic heterocycles. The van der Waals surface area contributed by atoms with Crippen molar-refractivity contribution >= 4 is 34.1 Å². The molecule has 2 aromatic carbocycles.